The Balaban J connectivity index is 1.45. The van der Waals surface area contributed by atoms with Crippen LogP contribution in [0.25, 0.3) is 10.2 Å². The zero-order valence-corrected chi connectivity index (χ0v) is 14.4. The highest BCUT2D eigenvalue weighted by Gasteiger charge is 2.25. The van der Waals surface area contributed by atoms with Crippen molar-refractivity contribution < 1.29 is 0 Å². The summed E-state index contributed by atoms with van der Waals surface area (Å²) in [5.41, 5.74) is 2.57. The quantitative estimate of drug-likeness (QED) is 0.580. The number of anilines is 1. The van der Waals surface area contributed by atoms with Crippen LogP contribution in [0.3, 0.4) is 0 Å². The van der Waals surface area contributed by atoms with E-state index in [1.807, 2.05) is 30.5 Å². The average molecular weight is 359 g/mol. The van der Waals surface area contributed by atoms with Gasteiger partial charge in [0.25, 0.3) is 0 Å². The molecule has 26 heavy (non-hydrogen) atoms. The number of nitriles is 1. The van der Waals surface area contributed by atoms with Crippen molar-refractivity contribution in [2.24, 2.45) is 0 Å². The Kier molecular flexibility index (Phi) is 3.40. The summed E-state index contributed by atoms with van der Waals surface area (Å²) in [5, 5.41) is 13.8. The summed E-state index contributed by atoms with van der Waals surface area (Å²) in [6.07, 6.45) is 4.39. The molecular weight excluding hydrogens is 346 g/mol. The number of aromatic nitrogens is 5. The molecule has 4 heterocycles. The Hall–Kier alpha value is -3.31. The van der Waals surface area contributed by atoms with E-state index in [4.69, 9.17) is 0 Å². The number of benzene rings is 1. The lowest BCUT2D eigenvalue weighted by molar-refractivity contribution is 0.747. The molecule has 1 aliphatic rings. The minimum absolute atomic E-state index is 0.0493. The zero-order valence-electron chi connectivity index (χ0n) is 13.5. The van der Waals surface area contributed by atoms with E-state index in [1.165, 1.54) is 11.3 Å². The maximum Gasteiger partial charge on any atom is 0.223 e. The molecule has 2 N–H and O–H groups in total. The lowest BCUT2D eigenvalue weighted by Gasteiger charge is -2.14. The van der Waals surface area contributed by atoms with Gasteiger partial charge in [0, 0.05) is 18.8 Å². The number of imidazole rings is 1. The molecule has 0 saturated carbocycles. The molecule has 0 saturated heterocycles. The molecule has 0 spiro atoms. The van der Waals surface area contributed by atoms with Gasteiger partial charge in [0.2, 0.25) is 5.95 Å². The first-order valence-corrected chi connectivity index (χ1v) is 9.00. The second kappa shape index (κ2) is 5.89. The fraction of sp³-hybridized carbons (Fsp3) is 0.167. The molecule has 8 heteroatoms. The second-order valence-electron chi connectivity index (χ2n) is 6.07. The molecular formula is C18H13N7S. The van der Waals surface area contributed by atoms with E-state index in [9.17, 15) is 5.26 Å². The zero-order chi connectivity index (χ0) is 17.5. The first-order valence-electron chi connectivity index (χ1n) is 8.19. The van der Waals surface area contributed by atoms with Gasteiger partial charge in [-0.15, -0.1) is 11.3 Å². The highest BCUT2D eigenvalue weighted by Crippen LogP contribution is 2.31. The van der Waals surface area contributed by atoms with Crippen LogP contribution in [-0.2, 0) is 6.42 Å². The van der Waals surface area contributed by atoms with Crippen molar-refractivity contribution in [3.05, 3.63) is 64.9 Å². The Bertz CT molecular complexity index is 1110. The fourth-order valence-electron chi connectivity index (χ4n) is 3.10. The predicted molar refractivity (Wildman–Crippen MR) is 97.8 cm³/mol. The Morgan fingerprint density at radius 3 is 2.92 bits per heavy atom. The molecule has 7 nitrogen and oxygen atoms in total. The SMILES string of the molecule is N#CC(c1ccnc(NC2Cc3c[nH]c2n3)n1)c1nc2ccccc2s1. The van der Waals surface area contributed by atoms with Crippen LogP contribution in [0.2, 0.25) is 0 Å². The van der Waals surface area contributed by atoms with Gasteiger partial charge < -0.3 is 10.3 Å². The minimum atomic E-state index is -0.519. The van der Waals surface area contributed by atoms with Gasteiger partial charge in [-0.3, -0.25) is 0 Å². The number of hydrogen-bond donors (Lipinski definition) is 2. The average Bonchev–Trinajstić information content (AvgIpc) is 3.37. The second-order valence-corrected chi connectivity index (χ2v) is 7.13. The number of nitrogens with zero attached hydrogens (tertiary/aromatic N) is 5. The topological polar surface area (TPSA) is 103 Å². The molecule has 0 aliphatic carbocycles. The van der Waals surface area contributed by atoms with Gasteiger partial charge in [0.05, 0.1) is 33.7 Å². The van der Waals surface area contributed by atoms with Gasteiger partial charge in [0.1, 0.15) is 16.7 Å². The van der Waals surface area contributed by atoms with Crippen molar-refractivity contribution >= 4 is 27.5 Å². The van der Waals surface area contributed by atoms with Crippen LogP contribution in [0.4, 0.5) is 5.95 Å². The molecule has 4 aromatic rings. The molecule has 2 unspecified atom stereocenters. The molecule has 0 fully saturated rings. The molecule has 126 valence electrons. The van der Waals surface area contributed by atoms with Gasteiger partial charge in [-0.25, -0.2) is 19.9 Å². The summed E-state index contributed by atoms with van der Waals surface area (Å²) < 4.78 is 1.06. The number of hydrogen-bond acceptors (Lipinski definition) is 7. The van der Waals surface area contributed by atoms with Gasteiger partial charge >= 0.3 is 0 Å². The maximum absolute atomic E-state index is 9.72. The van der Waals surface area contributed by atoms with Crippen LogP contribution >= 0.6 is 11.3 Å². The van der Waals surface area contributed by atoms with Crippen molar-refractivity contribution in [3.63, 3.8) is 0 Å². The molecule has 2 atom stereocenters. The lowest BCUT2D eigenvalue weighted by Crippen LogP contribution is -2.15. The van der Waals surface area contributed by atoms with Gasteiger partial charge in [0.15, 0.2) is 0 Å². The van der Waals surface area contributed by atoms with E-state index >= 15 is 0 Å². The van der Waals surface area contributed by atoms with Crippen LogP contribution in [-0.4, -0.2) is 24.9 Å². The summed E-state index contributed by atoms with van der Waals surface area (Å²) in [4.78, 5) is 21.0. The van der Waals surface area contributed by atoms with E-state index in [1.54, 1.807) is 12.3 Å². The van der Waals surface area contributed by atoms with Crippen LogP contribution in [0.1, 0.15) is 34.2 Å². The van der Waals surface area contributed by atoms with E-state index in [0.29, 0.717) is 11.6 Å². The molecule has 1 aromatic carbocycles. The highest BCUT2D eigenvalue weighted by atomic mass is 32.1. The van der Waals surface area contributed by atoms with Crippen LogP contribution in [0, 0.1) is 11.3 Å². The number of para-hydroxylation sites is 1. The lowest BCUT2D eigenvalue weighted by atomic mass is 10.1. The Morgan fingerprint density at radius 1 is 1.23 bits per heavy atom. The summed E-state index contributed by atoms with van der Waals surface area (Å²) in [5.74, 6) is 0.859. The van der Waals surface area contributed by atoms with Crippen molar-refractivity contribution in [1.82, 2.24) is 24.9 Å². The van der Waals surface area contributed by atoms with Crippen molar-refractivity contribution in [3.8, 4) is 6.07 Å². The summed E-state index contributed by atoms with van der Waals surface area (Å²) in [7, 11) is 0. The normalized spacial score (nSPS) is 16.5. The summed E-state index contributed by atoms with van der Waals surface area (Å²) >= 11 is 1.52. The highest BCUT2D eigenvalue weighted by molar-refractivity contribution is 7.18. The first kappa shape index (κ1) is 15.0. The van der Waals surface area contributed by atoms with Gasteiger partial charge in [-0.1, -0.05) is 12.1 Å². The van der Waals surface area contributed by atoms with Crippen molar-refractivity contribution in [2.75, 3.05) is 5.32 Å². The smallest absolute Gasteiger partial charge is 0.223 e. The molecule has 0 radical (unpaired) electrons. The number of nitrogens with one attached hydrogen (secondary N) is 2. The Labute approximate surface area is 152 Å². The minimum Gasteiger partial charge on any atom is -0.347 e. The van der Waals surface area contributed by atoms with E-state index < -0.39 is 5.92 Å². The third-order valence-corrected chi connectivity index (χ3v) is 5.46. The van der Waals surface area contributed by atoms with E-state index in [2.05, 4.69) is 36.3 Å². The van der Waals surface area contributed by atoms with E-state index in [0.717, 1.165) is 33.2 Å². The van der Waals surface area contributed by atoms with Gasteiger partial charge in [-0.05, 0) is 18.2 Å². The fourth-order valence-corrected chi connectivity index (χ4v) is 4.13. The van der Waals surface area contributed by atoms with E-state index in [-0.39, 0.29) is 6.04 Å². The molecule has 2 bridgehead atoms. The summed E-state index contributed by atoms with van der Waals surface area (Å²) in [6.45, 7) is 0. The standard InChI is InChI=1S/C18H13N7S/c19-8-11(17-23-13-3-1-2-4-15(13)26-17)12-5-6-20-18(24-12)25-14-7-10-9-21-16(14)22-10/h1-6,9,11,14H,7H2,(H,21,22)(H,20,24,25). The van der Waals surface area contributed by atoms with Crippen molar-refractivity contribution in [1.29, 1.82) is 5.26 Å². The van der Waals surface area contributed by atoms with Crippen molar-refractivity contribution in [2.45, 2.75) is 18.4 Å². The number of rotatable bonds is 4. The number of fused-ring (bicyclic) bond motifs is 3. The Morgan fingerprint density at radius 2 is 2.15 bits per heavy atom. The molecule has 0 amide bonds. The number of aromatic amines is 1. The van der Waals surface area contributed by atoms with Crippen LogP contribution in [0.15, 0.2) is 42.7 Å². The first-order chi connectivity index (χ1) is 12.8. The van der Waals surface area contributed by atoms with Gasteiger partial charge in [-0.2, -0.15) is 5.26 Å². The molecule has 3 aromatic heterocycles. The number of H-pyrrole nitrogens is 1. The largest absolute Gasteiger partial charge is 0.347 e. The monoisotopic (exact) mass is 359 g/mol. The summed E-state index contributed by atoms with van der Waals surface area (Å²) in [6, 6.07) is 12.0. The maximum atomic E-state index is 9.72. The molecule has 1 aliphatic heterocycles. The third kappa shape index (κ3) is 2.50. The number of thiazole rings is 1. The molecule has 5 rings (SSSR count). The predicted octanol–water partition coefficient (Wildman–Crippen LogP) is 3.17. The third-order valence-electron chi connectivity index (χ3n) is 4.36. The van der Waals surface area contributed by atoms with Crippen LogP contribution in [0.5, 0.6) is 0 Å². The van der Waals surface area contributed by atoms with Crippen LogP contribution < -0.4 is 5.32 Å².